The van der Waals surface area contributed by atoms with Crippen molar-refractivity contribution in [3.05, 3.63) is 59.0 Å². The van der Waals surface area contributed by atoms with Crippen LogP contribution in [-0.2, 0) is 13.6 Å². The summed E-state index contributed by atoms with van der Waals surface area (Å²) < 4.78 is 31.4. The second-order valence-corrected chi connectivity index (χ2v) is 9.29. The molecule has 0 aliphatic heterocycles. The lowest BCUT2D eigenvalue weighted by molar-refractivity contribution is 0.140. The van der Waals surface area contributed by atoms with E-state index in [9.17, 15) is 4.57 Å². The molecule has 0 bridgehead atoms. The van der Waals surface area contributed by atoms with Gasteiger partial charge in [-0.15, -0.1) is 0 Å². The predicted molar refractivity (Wildman–Crippen MR) is 109 cm³/mol. The highest BCUT2D eigenvalue weighted by Gasteiger charge is 2.36. The van der Waals surface area contributed by atoms with E-state index in [0.29, 0.717) is 5.76 Å². The van der Waals surface area contributed by atoms with Crippen molar-refractivity contribution >= 4 is 35.3 Å². The van der Waals surface area contributed by atoms with Crippen molar-refractivity contribution < 1.29 is 18.0 Å². The largest absolute Gasteiger partial charge is 0.465 e. The minimum Gasteiger partial charge on any atom is -0.465 e. The minimum atomic E-state index is -3.49. The van der Waals surface area contributed by atoms with E-state index < -0.39 is 13.4 Å². The maximum absolute atomic E-state index is 13.6. The van der Waals surface area contributed by atoms with Gasteiger partial charge in [0.1, 0.15) is 11.5 Å². The average molecular weight is 442 g/mol. The van der Waals surface area contributed by atoms with E-state index in [1.807, 2.05) is 58.0 Å². The van der Waals surface area contributed by atoms with Gasteiger partial charge in [0.05, 0.1) is 18.5 Å². The van der Waals surface area contributed by atoms with Gasteiger partial charge in [0, 0.05) is 10.2 Å². The van der Waals surface area contributed by atoms with E-state index in [4.69, 9.17) is 13.5 Å². The summed E-state index contributed by atoms with van der Waals surface area (Å²) >= 11 is 3.42. The molecular formula is C19H25BrNO4P. The molecule has 1 aromatic carbocycles. The number of halogens is 1. The Labute approximate surface area is 163 Å². The van der Waals surface area contributed by atoms with E-state index in [1.54, 1.807) is 24.5 Å². The monoisotopic (exact) mass is 441 g/mol. The first-order valence-corrected chi connectivity index (χ1v) is 10.9. The summed E-state index contributed by atoms with van der Waals surface area (Å²) in [6.07, 6.45) is 4.62. The molecule has 26 heavy (non-hydrogen) atoms. The van der Waals surface area contributed by atoms with Gasteiger partial charge in [-0.25, -0.2) is 0 Å². The molecule has 0 aliphatic rings. The Balaban J connectivity index is 2.35. The van der Waals surface area contributed by atoms with Crippen LogP contribution in [0.25, 0.3) is 6.08 Å². The molecule has 0 unspecified atom stereocenters. The lowest BCUT2D eigenvalue weighted by atomic mass is 10.3. The highest BCUT2D eigenvalue weighted by Crippen LogP contribution is 2.55. The molecule has 0 saturated carbocycles. The molecule has 0 amide bonds. The highest BCUT2D eigenvalue weighted by atomic mass is 79.9. The van der Waals surface area contributed by atoms with Crippen molar-refractivity contribution in [1.29, 1.82) is 0 Å². The standard InChI is InChI=1S/C19H25BrNO4P/c1-14(2)24-26(22,25-15(3)4)19(12-11-18-6-5-13-23-18)21-17-9-7-16(20)8-10-17/h5-15,19,21H,1-4H3/b12-11+/t19-/m1/s1. The first-order chi connectivity index (χ1) is 12.3. The fourth-order valence-electron chi connectivity index (χ4n) is 2.27. The van der Waals surface area contributed by atoms with Crippen LogP contribution in [-0.4, -0.2) is 18.0 Å². The van der Waals surface area contributed by atoms with Gasteiger partial charge in [-0.1, -0.05) is 15.9 Å². The molecule has 2 rings (SSSR count). The van der Waals surface area contributed by atoms with Gasteiger partial charge in [-0.3, -0.25) is 4.57 Å². The Hall–Kier alpha value is -1.33. The van der Waals surface area contributed by atoms with Gasteiger partial charge in [0.2, 0.25) is 0 Å². The zero-order chi connectivity index (χ0) is 19.2. The number of anilines is 1. The molecule has 1 aromatic heterocycles. The first-order valence-electron chi connectivity index (χ1n) is 8.49. The molecule has 1 heterocycles. The molecule has 2 aromatic rings. The Morgan fingerprint density at radius 3 is 2.19 bits per heavy atom. The van der Waals surface area contributed by atoms with Gasteiger partial charge in [-0.2, -0.15) is 0 Å². The molecular weight excluding hydrogens is 417 g/mol. The van der Waals surface area contributed by atoms with E-state index in [-0.39, 0.29) is 12.2 Å². The second kappa shape index (κ2) is 9.56. The van der Waals surface area contributed by atoms with Crippen LogP contribution in [0.3, 0.4) is 0 Å². The van der Waals surface area contributed by atoms with E-state index in [2.05, 4.69) is 21.2 Å². The fraction of sp³-hybridized carbons (Fsp3) is 0.368. The summed E-state index contributed by atoms with van der Waals surface area (Å²) in [5, 5.41) is 3.26. The number of nitrogens with one attached hydrogen (secondary N) is 1. The van der Waals surface area contributed by atoms with Crippen molar-refractivity contribution in [1.82, 2.24) is 0 Å². The number of rotatable bonds is 9. The fourth-order valence-corrected chi connectivity index (χ4v) is 4.62. The van der Waals surface area contributed by atoms with E-state index in [0.717, 1.165) is 10.2 Å². The van der Waals surface area contributed by atoms with Crippen LogP contribution in [0.4, 0.5) is 5.69 Å². The summed E-state index contributed by atoms with van der Waals surface area (Å²) in [6.45, 7) is 7.35. The number of furan rings is 1. The van der Waals surface area contributed by atoms with Crippen molar-refractivity contribution in [2.24, 2.45) is 0 Å². The SMILES string of the molecule is CC(C)OP(=O)(OC(C)C)[C@H](/C=C/c1ccco1)Nc1ccc(Br)cc1. The van der Waals surface area contributed by atoms with Gasteiger partial charge in [0.25, 0.3) is 0 Å². The van der Waals surface area contributed by atoms with Crippen molar-refractivity contribution in [2.75, 3.05) is 5.32 Å². The molecule has 0 spiro atoms. The maximum Gasteiger partial charge on any atom is 0.357 e. The Morgan fingerprint density at radius 2 is 1.69 bits per heavy atom. The summed E-state index contributed by atoms with van der Waals surface area (Å²) in [5.74, 6) is -0.00757. The van der Waals surface area contributed by atoms with Crippen molar-refractivity contribution in [3.63, 3.8) is 0 Å². The first kappa shape index (κ1) is 21.0. The maximum atomic E-state index is 13.6. The van der Waals surface area contributed by atoms with Gasteiger partial charge in [0.15, 0.2) is 0 Å². The number of hydrogen-bond donors (Lipinski definition) is 1. The zero-order valence-corrected chi connectivity index (χ0v) is 17.9. The lowest BCUT2D eigenvalue weighted by Gasteiger charge is -2.29. The molecule has 1 N–H and O–H groups in total. The third-order valence-corrected chi connectivity index (χ3v) is 6.14. The molecule has 0 fully saturated rings. The van der Waals surface area contributed by atoms with Crippen molar-refractivity contribution in [2.45, 2.75) is 45.7 Å². The highest BCUT2D eigenvalue weighted by molar-refractivity contribution is 9.10. The molecule has 1 atom stereocenters. The molecule has 5 nitrogen and oxygen atoms in total. The number of benzene rings is 1. The van der Waals surface area contributed by atoms with E-state index in [1.165, 1.54) is 0 Å². The van der Waals surface area contributed by atoms with Gasteiger partial charge in [-0.05, 0) is 76.2 Å². The van der Waals surface area contributed by atoms with Crippen LogP contribution in [0.15, 0.2) is 57.6 Å². The topological polar surface area (TPSA) is 60.7 Å². The number of hydrogen-bond acceptors (Lipinski definition) is 5. The minimum absolute atomic E-state index is 0.245. The normalized spacial score (nSPS) is 13.7. The Morgan fingerprint density at radius 1 is 1.08 bits per heavy atom. The summed E-state index contributed by atoms with van der Waals surface area (Å²) in [6, 6.07) is 11.2. The Kier molecular flexibility index (Phi) is 7.71. The smallest absolute Gasteiger partial charge is 0.357 e. The van der Waals surface area contributed by atoms with Crippen LogP contribution >= 0.6 is 23.5 Å². The lowest BCUT2D eigenvalue weighted by Crippen LogP contribution is -2.23. The van der Waals surface area contributed by atoms with Crippen LogP contribution < -0.4 is 5.32 Å². The van der Waals surface area contributed by atoms with Crippen LogP contribution in [0.1, 0.15) is 33.5 Å². The molecule has 0 radical (unpaired) electrons. The molecule has 7 heteroatoms. The Bertz CT molecular complexity index is 727. The molecule has 0 aliphatic carbocycles. The second-order valence-electron chi connectivity index (χ2n) is 6.32. The zero-order valence-electron chi connectivity index (χ0n) is 15.4. The summed E-state index contributed by atoms with van der Waals surface area (Å²) in [5.41, 5.74) is 0.808. The third kappa shape index (κ3) is 6.44. The summed E-state index contributed by atoms with van der Waals surface area (Å²) in [7, 11) is -3.49. The van der Waals surface area contributed by atoms with Crippen LogP contribution in [0.5, 0.6) is 0 Å². The van der Waals surface area contributed by atoms with Crippen LogP contribution in [0.2, 0.25) is 0 Å². The van der Waals surface area contributed by atoms with Gasteiger partial charge < -0.3 is 18.8 Å². The summed E-state index contributed by atoms with van der Waals surface area (Å²) in [4.78, 5) is 0. The van der Waals surface area contributed by atoms with Gasteiger partial charge >= 0.3 is 7.60 Å². The van der Waals surface area contributed by atoms with Crippen LogP contribution in [0, 0.1) is 0 Å². The molecule has 142 valence electrons. The van der Waals surface area contributed by atoms with E-state index >= 15 is 0 Å². The van der Waals surface area contributed by atoms with Crippen molar-refractivity contribution in [3.8, 4) is 0 Å². The average Bonchev–Trinajstić information content (AvgIpc) is 3.04. The third-order valence-electron chi connectivity index (χ3n) is 3.20. The quantitative estimate of drug-likeness (QED) is 0.447. The predicted octanol–water partition coefficient (Wildman–Crippen LogP) is 6.54. The molecule has 0 saturated heterocycles.